The molecule has 2 aromatic rings. The van der Waals surface area contributed by atoms with E-state index in [0.717, 1.165) is 31.7 Å². The fraction of sp³-hybridized carbons (Fsp3) is 0.353. The SMILES string of the molecule is FC(F)Sc1ccc(CN2CCNCC2c2ccncc2)cc1. The third-order valence-corrected chi connectivity index (χ3v) is 4.70. The number of alkyl halides is 2. The Balaban J connectivity index is 1.69. The highest BCUT2D eigenvalue weighted by atomic mass is 32.2. The van der Waals surface area contributed by atoms with Crippen molar-refractivity contribution in [2.24, 2.45) is 0 Å². The number of benzene rings is 1. The summed E-state index contributed by atoms with van der Waals surface area (Å²) in [6, 6.07) is 11.8. The second-order valence-corrected chi connectivity index (χ2v) is 6.56. The Morgan fingerprint density at radius 2 is 1.91 bits per heavy atom. The normalized spacial score (nSPS) is 19.2. The van der Waals surface area contributed by atoms with Gasteiger partial charge in [0.2, 0.25) is 0 Å². The van der Waals surface area contributed by atoms with Gasteiger partial charge in [0, 0.05) is 49.5 Å². The predicted molar refractivity (Wildman–Crippen MR) is 88.6 cm³/mol. The minimum atomic E-state index is -2.37. The average molecular weight is 335 g/mol. The number of pyridine rings is 1. The Hall–Kier alpha value is -1.50. The molecule has 3 nitrogen and oxygen atoms in total. The van der Waals surface area contributed by atoms with Crippen molar-refractivity contribution >= 4 is 11.8 Å². The van der Waals surface area contributed by atoms with Gasteiger partial charge in [-0.2, -0.15) is 8.78 Å². The van der Waals surface area contributed by atoms with Crippen molar-refractivity contribution in [3.05, 3.63) is 59.9 Å². The van der Waals surface area contributed by atoms with Crippen LogP contribution in [0.1, 0.15) is 17.2 Å². The third-order valence-electron chi connectivity index (χ3n) is 3.98. The summed E-state index contributed by atoms with van der Waals surface area (Å²) < 4.78 is 24.8. The lowest BCUT2D eigenvalue weighted by molar-refractivity contribution is 0.153. The summed E-state index contributed by atoms with van der Waals surface area (Å²) in [5.41, 5.74) is 2.39. The first kappa shape index (κ1) is 16.4. The van der Waals surface area contributed by atoms with Gasteiger partial charge in [0.1, 0.15) is 0 Å². The zero-order valence-electron chi connectivity index (χ0n) is 12.7. The standard InChI is InChI=1S/C17H19F2N3S/c18-17(19)23-15-3-1-13(2-4-15)12-22-10-9-21-11-16(22)14-5-7-20-8-6-14/h1-8,16-17,21H,9-12H2. The molecule has 1 aliphatic rings. The number of nitrogens with one attached hydrogen (secondary N) is 1. The summed E-state index contributed by atoms with van der Waals surface area (Å²) in [6.45, 7) is 3.64. The van der Waals surface area contributed by atoms with Crippen molar-refractivity contribution in [2.75, 3.05) is 19.6 Å². The number of thioether (sulfide) groups is 1. The Bertz CT molecular complexity index is 607. The van der Waals surface area contributed by atoms with E-state index >= 15 is 0 Å². The van der Waals surface area contributed by atoms with Gasteiger partial charge in [-0.05, 0) is 35.4 Å². The minimum Gasteiger partial charge on any atom is -0.314 e. The summed E-state index contributed by atoms with van der Waals surface area (Å²) in [4.78, 5) is 7.10. The number of aromatic nitrogens is 1. The van der Waals surface area contributed by atoms with E-state index in [2.05, 4.69) is 15.2 Å². The Kier molecular flexibility index (Phi) is 5.59. The molecule has 1 fully saturated rings. The molecular formula is C17H19F2N3S. The van der Waals surface area contributed by atoms with E-state index < -0.39 is 5.76 Å². The van der Waals surface area contributed by atoms with Crippen LogP contribution < -0.4 is 5.32 Å². The van der Waals surface area contributed by atoms with Gasteiger partial charge in [0.25, 0.3) is 5.76 Å². The van der Waals surface area contributed by atoms with Gasteiger partial charge in [-0.3, -0.25) is 9.88 Å². The van der Waals surface area contributed by atoms with E-state index in [-0.39, 0.29) is 0 Å². The van der Waals surface area contributed by atoms with E-state index in [1.54, 1.807) is 12.1 Å². The van der Waals surface area contributed by atoms with Gasteiger partial charge < -0.3 is 5.32 Å². The molecule has 0 radical (unpaired) electrons. The molecule has 0 spiro atoms. The van der Waals surface area contributed by atoms with Crippen LogP contribution in [0, 0.1) is 0 Å². The van der Waals surface area contributed by atoms with Crippen molar-refractivity contribution in [1.82, 2.24) is 15.2 Å². The third kappa shape index (κ3) is 4.50. The van der Waals surface area contributed by atoms with E-state index in [4.69, 9.17) is 0 Å². The molecule has 1 aliphatic heterocycles. The molecule has 0 bridgehead atoms. The van der Waals surface area contributed by atoms with Gasteiger partial charge in [-0.15, -0.1) is 0 Å². The second kappa shape index (κ2) is 7.86. The average Bonchev–Trinajstić information content (AvgIpc) is 2.57. The van der Waals surface area contributed by atoms with Gasteiger partial charge in [0.15, 0.2) is 0 Å². The number of rotatable bonds is 5. The fourth-order valence-electron chi connectivity index (χ4n) is 2.86. The number of halogens is 2. The molecule has 1 aromatic heterocycles. The van der Waals surface area contributed by atoms with E-state index in [9.17, 15) is 8.78 Å². The zero-order valence-corrected chi connectivity index (χ0v) is 13.5. The highest BCUT2D eigenvalue weighted by molar-refractivity contribution is 7.99. The maximum Gasteiger partial charge on any atom is 0.288 e. The van der Waals surface area contributed by atoms with Crippen molar-refractivity contribution in [3.8, 4) is 0 Å². The number of hydrogen-bond acceptors (Lipinski definition) is 4. The van der Waals surface area contributed by atoms with E-state index in [0.29, 0.717) is 22.7 Å². The minimum absolute atomic E-state index is 0.307. The fourth-order valence-corrected chi connectivity index (χ4v) is 3.36. The monoisotopic (exact) mass is 335 g/mol. The first-order valence-electron chi connectivity index (χ1n) is 7.61. The summed E-state index contributed by atoms with van der Waals surface area (Å²) in [5, 5.41) is 3.43. The van der Waals surface area contributed by atoms with Crippen molar-refractivity contribution in [2.45, 2.75) is 23.2 Å². The molecule has 6 heteroatoms. The van der Waals surface area contributed by atoms with Crippen LogP contribution in [0.4, 0.5) is 8.78 Å². The van der Waals surface area contributed by atoms with Crippen LogP contribution >= 0.6 is 11.8 Å². The smallest absolute Gasteiger partial charge is 0.288 e. The molecule has 23 heavy (non-hydrogen) atoms. The summed E-state index contributed by atoms with van der Waals surface area (Å²) >= 11 is 0.587. The lowest BCUT2D eigenvalue weighted by Crippen LogP contribution is -2.45. The first-order chi connectivity index (χ1) is 11.2. The predicted octanol–water partition coefficient (Wildman–Crippen LogP) is 3.54. The highest BCUT2D eigenvalue weighted by Crippen LogP contribution is 2.27. The van der Waals surface area contributed by atoms with Crippen LogP contribution in [0.15, 0.2) is 53.7 Å². The molecule has 2 heterocycles. The molecule has 0 aliphatic carbocycles. The first-order valence-corrected chi connectivity index (χ1v) is 8.49. The molecule has 0 amide bonds. The van der Waals surface area contributed by atoms with Crippen LogP contribution in [0.25, 0.3) is 0 Å². The van der Waals surface area contributed by atoms with Crippen molar-refractivity contribution < 1.29 is 8.78 Å². The van der Waals surface area contributed by atoms with Crippen LogP contribution in [0.2, 0.25) is 0 Å². The van der Waals surface area contributed by atoms with E-state index in [1.165, 1.54) is 5.56 Å². The largest absolute Gasteiger partial charge is 0.314 e. The van der Waals surface area contributed by atoms with Crippen molar-refractivity contribution in [3.63, 3.8) is 0 Å². The molecular weight excluding hydrogens is 316 g/mol. The van der Waals surface area contributed by atoms with Crippen LogP contribution in [0.3, 0.4) is 0 Å². The molecule has 1 unspecified atom stereocenters. The van der Waals surface area contributed by atoms with E-state index in [1.807, 2.05) is 36.7 Å². The molecule has 3 rings (SSSR count). The van der Waals surface area contributed by atoms with Crippen LogP contribution in [0.5, 0.6) is 0 Å². The number of piperazine rings is 1. The lowest BCUT2D eigenvalue weighted by atomic mass is 10.0. The molecule has 122 valence electrons. The van der Waals surface area contributed by atoms with Crippen LogP contribution in [-0.2, 0) is 6.54 Å². The van der Waals surface area contributed by atoms with Gasteiger partial charge in [-0.25, -0.2) is 0 Å². The molecule has 1 atom stereocenters. The highest BCUT2D eigenvalue weighted by Gasteiger charge is 2.23. The summed E-state index contributed by atoms with van der Waals surface area (Å²) in [6.07, 6.45) is 3.64. The van der Waals surface area contributed by atoms with Gasteiger partial charge in [-0.1, -0.05) is 23.9 Å². The van der Waals surface area contributed by atoms with Gasteiger partial charge in [0.05, 0.1) is 0 Å². The Morgan fingerprint density at radius 1 is 1.17 bits per heavy atom. The summed E-state index contributed by atoms with van der Waals surface area (Å²) in [7, 11) is 0. The maximum absolute atomic E-state index is 12.4. The topological polar surface area (TPSA) is 28.2 Å². The molecule has 1 aromatic carbocycles. The molecule has 1 saturated heterocycles. The Labute approximate surface area is 139 Å². The molecule has 0 saturated carbocycles. The van der Waals surface area contributed by atoms with Crippen molar-refractivity contribution in [1.29, 1.82) is 0 Å². The maximum atomic E-state index is 12.4. The van der Waals surface area contributed by atoms with Crippen LogP contribution in [-0.4, -0.2) is 35.3 Å². The number of nitrogens with zero attached hydrogens (tertiary/aromatic N) is 2. The zero-order chi connectivity index (χ0) is 16.1. The quantitative estimate of drug-likeness (QED) is 0.846. The second-order valence-electron chi connectivity index (χ2n) is 5.49. The van der Waals surface area contributed by atoms with Gasteiger partial charge >= 0.3 is 0 Å². The lowest BCUT2D eigenvalue weighted by Gasteiger charge is -2.36. The summed E-state index contributed by atoms with van der Waals surface area (Å²) in [5.74, 6) is -2.37. The Morgan fingerprint density at radius 3 is 2.61 bits per heavy atom. The number of hydrogen-bond donors (Lipinski definition) is 1. The molecule has 1 N–H and O–H groups in total.